The highest BCUT2D eigenvalue weighted by molar-refractivity contribution is 7.23. The van der Waals surface area contributed by atoms with Crippen LogP contribution in [0.3, 0.4) is 0 Å². The lowest BCUT2D eigenvalue weighted by Gasteiger charge is -2.10. The van der Waals surface area contributed by atoms with Gasteiger partial charge in [0.15, 0.2) is 4.96 Å². The first-order valence-electron chi connectivity index (χ1n) is 10.3. The van der Waals surface area contributed by atoms with Gasteiger partial charge in [-0.1, -0.05) is 11.3 Å². The van der Waals surface area contributed by atoms with Gasteiger partial charge in [0.25, 0.3) is 0 Å². The van der Waals surface area contributed by atoms with Gasteiger partial charge in [-0.2, -0.15) is 0 Å². The quantitative estimate of drug-likeness (QED) is 0.342. The summed E-state index contributed by atoms with van der Waals surface area (Å²) in [5.74, 6) is 2.75. The summed E-state index contributed by atoms with van der Waals surface area (Å²) in [4.78, 5) is 5.93. The lowest BCUT2D eigenvalue weighted by atomic mass is 10.1. The van der Waals surface area contributed by atoms with E-state index in [0.29, 0.717) is 13.2 Å². The fourth-order valence-corrected chi connectivity index (χ4v) is 4.52. The minimum Gasteiger partial charge on any atom is -0.494 e. The molecule has 0 saturated carbocycles. The van der Waals surface area contributed by atoms with Crippen LogP contribution in [-0.2, 0) is 4.74 Å². The highest BCUT2D eigenvalue weighted by Gasteiger charge is 2.18. The van der Waals surface area contributed by atoms with Crippen LogP contribution in [0.25, 0.3) is 26.4 Å². The number of nitrogens with one attached hydrogen (secondary N) is 1. The predicted octanol–water partition coefficient (Wildman–Crippen LogP) is 5.46. The summed E-state index contributed by atoms with van der Waals surface area (Å²) >= 11 is 1.67. The van der Waals surface area contributed by atoms with Gasteiger partial charge in [-0.15, -0.1) is 0 Å². The molecular weight excluding hydrogens is 398 g/mol. The van der Waals surface area contributed by atoms with Crippen LogP contribution in [0.5, 0.6) is 11.5 Å². The Kier molecular flexibility index (Phi) is 6.40. The smallest absolute Gasteiger partial charge is 0.197 e. The van der Waals surface area contributed by atoms with Crippen molar-refractivity contribution in [3.8, 4) is 22.8 Å². The van der Waals surface area contributed by atoms with Gasteiger partial charge in [0, 0.05) is 25.8 Å². The number of benzene rings is 2. The normalized spacial score (nSPS) is 11.3. The third-order valence-electron chi connectivity index (χ3n) is 4.79. The summed E-state index contributed by atoms with van der Waals surface area (Å²) in [7, 11) is 1.73. The van der Waals surface area contributed by atoms with Crippen molar-refractivity contribution in [1.29, 1.82) is 0 Å². The fourth-order valence-electron chi connectivity index (χ4n) is 3.47. The summed E-state index contributed by atoms with van der Waals surface area (Å²) < 4.78 is 19.8. The van der Waals surface area contributed by atoms with Crippen LogP contribution >= 0.6 is 11.3 Å². The SMILES string of the molecule is CCOc1ccc(-c2nc3sc4cc(OCC)ccc4n3c2NCCCOC)cc1. The molecule has 2 aromatic carbocycles. The van der Waals surface area contributed by atoms with Gasteiger partial charge in [-0.25, -0.2) is 4.98 Å². The average molecular weight is 426 g/mol. The zero-order chi connectivity index (χ0) is 20.9. The second-order valence-electron chi connectivity index (χ2n) is 6.82. The largest absolute Gasteiger partial charge is 0.494 e. The molecule has 4 rings (SSSR count). The molecule has 7 heteroatoms. The molecule has 6 nitrogen and oxygen atoms in total. The zero-order valence-corrected chi connectivity index (χ0v) is 18.4. The standard InChI is InChI=1S/C23H27N3O3S/c1-4-28-17-9-7-16(8-10-17)21-22(24-13-6-14-27-3)26-19-12-11-18(29-5-2)15-20(19)30-23(26)25-21/h7-12,15,24H,4-6,13-14H2,1-3H3. The highest BCUT2D eigenvalue weighted by Crippen LogP contribution is 2.37. The van der Waals surface area contributed by atoms with Crippen molar-refractivity contribution in [3.05, 3.63) is 42.5 Å². The molecule has 0 amide bonds. The molecule has 0 radical (unpaired) electrons. The van der Waals surface area contributed by atoms with Gasteiger partial charge in [-0.3, -0.25) is 4.40 Å². The van der Waals surface area contributed by atoms with Gasteiger partial charge < -0.3 is 19.5 Å². The summed E-state index contributed by atoms with van der Waals surface area (Å²) in [6.45, 7) is 6.82. The molecule has 0 unspecified atom stereocenters. The van der Waals surface area contributed by atoms with Crippen LogP contribution in [0.2, 0.25) is 0 Å². The maximum atomic E-state index is 5.67. The second kappa shape index (κ2) is 9.36. The molecule has 1 N–H and O–H groups in total. The van der Waals surface area contributed by atoms with Gasteiger partial charge in [0.05, 0.1) is 23.4 Å². The number of rotatable bonds is 10. The maximum Gasteiger partial charge on any atom is 0.197 e. The van der Waals surface area contributed by atoms with E-state index in [1.165, 1.54) is 0 Å². The summed E-state index contributed by atoms with van der Waals surface area (Å²) in [5, 5.41) is 3.59. The minimum atomic E-state index is 0.654. The van der Waals surface area contributed by atoms with Crippen molar-refractivity contribution < 1.29 is 14.2 Å². The Morgan fingerprint density at radius 3 is 2.47 bits per heavy atom. The van der Waals surface area contributed by atoms with Crippen LogP contribution in [0.15, 0.2) is 42.5 Å². The predicted molar refractivity (Wildman–Crippen MR) is 123 cm³/mol. The number of ether oxygens (including phenoxy) is 3. The van der Waals surface area contributed by atoms with E-state index in [-0.39, 0.29) is 0 Å². The minimum absolute atomic E-state index is 0.654. The molecule has 2 aromatic heterocycles. The topological polar surface area (TPSA) is 57.0 Å². The maximum absolute atomic E-state index is 5.67. The number of fused-ring (bicyclic) bond motifs is 3. The van der Waals surface area contributed by atoms with Gasteiger partial charge in [0.1, 0.15) is 23.0 Å². The van der Waals surface area contributed by atoms with E-state index in [1.807, 2.05) is 32.0 Å². The Balaban J connectivity index is 1.78. The molecule has 0 fully saturated rings. The number of aromatic nitrogens is 2. The van der Waals surface area contributed by atoms with E-state index in [9.17, 15) is 0 Å². The molecular formula is C23H27N3O3S. The van der Waals surface area contributed by atoms with E-state index in [1.54, 1.807) is 18.4 Å². The first kappa shape index (κ1) is 20.5. The summed E-state index contributed by atoms with van der Waals surface area (Å²) in [5.41, 5.74) is 3.12. The van der Waals surface area contributed by atoms with E-state index < -0.39 is 0 Å². The highest BCUT2D eigenvalue weighted by atomic mass is 32.1. The van der Waals surface area contributed by atoms with Crippen molar-refractivity contribution >= 4 is 32.3 Å². The monoisotopic (exact) mass is 425 g/mol. The van der Waals surface area contributed by atoms with E-state index in [2.05, 4.69) is 34.0 Å². The van der Waals surface area contributed by atoms with Gasteiger partial charge in [-0.05, 0) is 62.7 Å². The Hall–Kier alpha value is -2.77. The second-order valence-corrected chi connectivity index (χ2v) is 7.83. The number of methoxy groups -OCH3 is 1. The number of imidazole rings is 1. The lowest BCUT2D eigenvalue weighted by molar-refractivity contribution is 0.198. The summed E-state index contributed by atoms with van der Waals surface area (Å²) in [6, 6.07) is 14.3. The number of anilines is 1. The summed E-state index contributed by atoms with van der Waals surface area (Å²) in [6.07, 6.45) is 0.920. The Labute approximate surface area is 180 Å². The third kappa shape index (κ3) is 4.08. The zero-order valence-electron chi connectivity index (χ0n) is 17.6. The van der Waals surface area contributed by atoms with Crippen LogP contribution in [-0.4, -0.2) is 42.9 Å². The first-order chi connectivity index (χ1) is 14.7. The van der Waals surface area contributed by atoms with Crippen molar-refractivity contribution in [2.24, 2.45) is 0 Å². The number of hydrogen-bond donors (Lipinski definition) is 1. The van der Waals surface area contributed by atoms with E-state index in [0.717, 1.165) is 63.3 Å². The first-order valence-corrected chi connectivity index (χ1v) is 11.1. The molecule has 0 aliphatic heterocycles. The Morgan fingerprint density at radius 2 is 1.73 bits per heavy atom. The molecule has 2 heterocycles. The molecule has 4 aromatic rings. The van der Waals surface area contributed by atoms with Crippen molar-refractivity contribution in [2.75, 3.05) is 38.8 Å². The van der Waals surface area contributed by atoms with Crippen molar-refractivity contribution in [1.82, 2.24) is 9.38 Å². The van der Waals surface area contributed by atoms with Crippen molar-refractivity contribution in [3.63, 3.8) is 0 Å². The molecule has 158 valence electrons. The number of thiazole rings is 1. The molecule has 0 spiro atoms. The van der Waals surface area contributed by atoms with Crippen LogP contribution in [0.1, 0.15) is 20.3 Å². The number of hydrogen-bond acceptors (Lipinski definition) is 6. The van der Waals surface area contributed by atoms with Gasteiger partial charge in [0.2, 0.25) is 0 Å². The average Bonchev–Trinajstić information content (AvgIpc) is 3.28. The molecule has 0 aliphatic carbocycles. The molecule has 0 saturated heterocycles. The molecule has 0 aliphatic rings. The molecule has 30 heavy (non-hydrogen) atoms. The van der Waals surface area contributed by atoms with Crippen molar-refractivity contribution in [2.45, 2.75) is 20.3 Å². The Bertz CT molecular complexity index is 1120. The van der Waals surface area contributed by atoms with E-state index in [4.69, 9.17) is 19.2 Å². The number of nitrogens with zero attached hydrogens (tertiary/aromatic N) is 2. The van der Waals surface area contributed by atoms with Crippen LogP contribution in [0, 0.1) is 0 Å². The van der Waals surface area contributed by atoms with Crippen LogP contribution < -0.4 is 14.8 Å². The molecule has 0 atom stereocenters. The van der Waals surface area contributed by atoms with Crippen LogP contribution in [0.4, 0.5) is 5.82 Å². The Morgan fingerprint density at radius 1 is 1.00 bits per heavy atom. The fraction of sp³-hybridized carbons (Fsp3) is 0.348. The van der Waals surface area contributed by atoms with Gasteiger partial charge >= 0.3 is 0 Å². The molecule has 0 bridgehead atoms. The lowest BCUT2D eigenvalue weighted by Crippen LogP contribution is -2.07. The van der Waals surface area contributed by atoms with E-state index >= 15 is 0 Å². The third-order valence-corrected chi connectivity index (χ3v) is 5.79.